The summed E-state index contributed by atoms with van der Waals surface area (Å²) in [5.74, 6) is -0.0644. The lowest BCUT2D eigenvalue weighted by molar-refractivity contribution is -0.121. The van der Waals surface area contributed by atoms with E-state index in [2.05, 4.69) is 6.58 Å². The van der Waals surface area contributed by atoms with Crippen molar-refractivity contribution in [3.63, 3.8) is 0 Å². The fraction of sp³-hybridized carbons (Fsp3) is 0.538. The smallest absolute Gasteiger partial charge is 0.345 e. The molecule has 19 heavy (non-hydrogen) atoms. The molecule has 2 aliphatic heterocycles. The molecular weight excluding hydrogens is 246 g/mol. The van der Waals surface area contributed by atoms with Crippen molar-refractivity contribution in [2.75, 3.05) is 13.2 Å². The predicted octanol–water partition coefficient (Wildman–Crippen LogP) is 0.414. The quantitative estimate of drug-likeness (QED) is 0.730. The highest BCUT2D eigenvalue weighted by Crippen LogP contribution is 2.43. The number of primary amides is 1. The third kappa shape index (κ3) is 1.92. The summed E-state index contributed by atoms with van der Waals surface area (Å²) >= 11 is 0. The number of carbonyl (C=O) groups is 2. The molecule has 2 fully saturated rings. The summed E-state index contributed by atoms with van der Waals surface area (Å²) < 4.78 is 0. The van der Waals surface area contributed by atoms with E-state index < -0.39 is 11.9 Å². The molecule has 2 bridgehead atoms. The van der Waals surface area contributed by atoms with Gasteiger partial charge in [-0.1, -0.05) is 12.2 Å². The number of hydrogen-bond donors (Lipinski definition) is 1. The van der Waals surface area contributed by atoms with Crippen LogP contribution in [0.3, 0.4) is 0 Å². The molecule has 3 aliphatic rings. The highest BCUT2D eigenvalue weighted by molar-refractivity contribution is 5.91. The van der Waals surface area contributed by atoms with E-state index in [4.69, 9.17) is 10.6 Å². The Hall–Kier alpha value is -1.82. The van der Waals surface area contributed by atoms with Gasteiger partial charge in [0.2, 0.25) is 5.91 Å². The third-order valence-electron chi connectivity index (χ3n) is 3.78. The summed E-state index contributed by atoms with van der Waals surface area (Å²) in [5.41, 5.74) is 6.45. The zero-order valence-corrected chi connectivity index (χ0v) is 10.6. The maximum absolute atomic E-state index is 12.2. The molecule has 2 N–H and O–H groups in total. The molecule has 1 saturated heterocycles. The van der Waals surface area contributed by atoms with E-state index in [1.54, 1.807) is 6.08 Å². The molecule has 1 saturated carbocycles. The zero-order valence-electron chi connectivity index (χ0n) is 10.6. The SMILES string of the molecule is C=CCON1C(=O)N2C[C@H]1C=C(C1CC1)[C@H]2C(N)=O. The lowest BCUT2D eigenvalue weighted by atomic mass is 9.95. The second-order valence-corrected chi connectivity index (χ2v) is 5.16. The minimum atomic E-state index is -0.603. The minimum Gasteiger partial charge on any atom is -0.368 e. The van der Waals surface area contributed by atoms with Crippen molar-refractivity contribution in [2.24, 2.45) is 11.7 Å². The summed E-state index contributed by atoms with van der Waals surface area (Å²) in [6.45, 7) is 4.29. The number of nitrogens with two attached hydrogens (primary N) is 1. The van der Waals surface area contributed by atoms with Crippen molar-refractivity contribution in [3.8, 4) is 0 Å². The van der Waals surface area contributed by atoms with Crippen LogP contribution in [-0.4, -0.2) is 47.1 Å². The van der Waals surface area contributed by atoms with Crippen molar-refractivity contribution in [2.45, 2.75) is 24.9 Å². The Balaban J connectivity index is 1.89. The molecule has 102 valence electrons. The molecule has 0 unspecified atom stereocenters. The Kier molecular flexibility index (Phi) is 2.82. The van der Waals surface area contributed by atoms with Crippen LogP contribution in [0.2, 0.25) is 0 Å². The first-order chi connectivity index (χ1) is 9.13. The first-order valence-electron chi connectivity index (χ1n) is 6.48. The number of rotatable bonds is 5. The van der Waals surface area contributed by atoms with E-state index in [0.29, 0.717) is 12.5 Å². The molecule has 0 aromatic carbocycles. The van der Waals surface area contributed by atoms with E-state index >= 15 is 0 Å². The average Bonchev–Trinajstić information content (AvgIpc) is 3.18. The second-order valence-electron chi connectivity index (χ2n) is 5.16. The van der Waals surface area contributed by atoms with Gasteiger partial charge in [-0.25, -0.2) is 4.79 Å². The van der Waals surface area contributed by atoms with Gasteiger partial charge in [0.15, 0.2) is 0 Å². The number of hydrogen-bond acceptors (Lipinski definition) is 3. The Morgan fingerprint density at radius 2 is 2.32 bits per heavy atom. The Bertz CT molecular complexity index is 470. The molecule has 0 aromatic heterocycles. The number of urea groups is 1. The Morgan fingerprint density at radius 3 is 2.89 bits per heavy atom. The van der Waals surface area contributed by atoms with Crippen LogP contribution < -0.4 is 5.73 Å². The fourth-order valence-corrected chi connectivity index (χ4v) is 2.83. The molecular formula is C13H17N3O3. The van der Waals surface area contributed by atoms with Crippen LogP contribution >= 0.6 is 0 Å². The van der Waals surface area contributed by atoms with Crippen LogP contribution in [0.4, 0.5) is 4.79 Å². The normalized spacial score (nSPS) is 29.5. The van der Waals surface area contributed by atoms with Gasteiger partial charge in [-0.3, -0.25) is 9.63 Å². The second kappa shape index (κ2) is 4.38. The average molecular weight is 263 g/mol. The summed E-state index contributed by atoms with van der Waals surface area (Å²) in [7, 11) is 0. The maximum atomic E-state index is 12.2. The number of amides is 3. The lowest BCUT2D eigenvalue weighted by Crippen LogP contribution is -2.49. The molecule has 6 heteroatoms. The van der Waals surface area contributed by atoms with E-state index in [1.165, 1.54) is 9.96 Å². The summed E-state index contributed by atoms with van der Waals surface area (Å²) in [6.07, 6.45) is 5.70. The van der Waals surface area contributed by atoms with Gasteiger partial charge in [-0.05, 0) is 24.3 Å². The maximum Gasteiger partial charge on any atom is 0.345 e. The van der Waals surface area contributed by atoms with E-state index in [-0.39, 0.29) is 18.7 Å². The van der Waals surface area contributed by atoms with Crippen LogP contribution in [0.1, 0.15) is 12.8 Å². The number of fused-ring (bicyclic) bond motifs is 2. The Morgan fingerprint density at radius 1 is 1.58 bits per heavy atom. The van der Waals surface area contributed by atoms with E-state index in [0.717, 1.165) is 18.4 Å². The van der Waals surface area contributed by atoms with E-state index in [9.17, 15) is 9.59 Å². The van der Waals surface area contributed by atoms with Crippen molar-refractivity contribution >= 4 is 11.9 Å². The third-order valence-corrected chi connectivity index (χ3v) is 3.78. The molecule has 3 amide bonds. The molecule has 6 nitrogen and oxygen atoms in total. The van der Waals surface area contributed by atoms with Gasteiger partial charge >= 0.3 is 6.03 Å². The highest BCUT2D eigenvalue weighted by Gasteiger charge is 2.50. The van der Waals surface area contributed by atoms with Gasteiger partial charge < -0.3 is 10.6 Å². The van der Waals surface area contributed by atoms with Crippen molar-refractivity contribution in [1.82, 2.24) is 9.96 Å². The minimum absolute atomic E-state index is 0.126. The van der Waals surface area contributed by atoms with Crippen LogP contribution in [0.5, 0.6) is 0 Å². The molecule has 2 heterocycles. The van der Waals surface area contributed by atoms with Gasteiger partial charge in [-0.2, -0.15) is 5.06 Å². The van der Waals surface area contributed by atoms with E-state index in [1.807, 2.05) is 6.08 Å². The van der Waals surface area contributed by atoms with Crippen molar-refractivity contribution < 1.29 is 14.4 Å². The highest BCUT2D eigenvalue weighted by atomic mass is 16.7. The van der Waals surface area contributed by atoms with Gasteiger partial charge in [0.1, 0.15) is 6.04 Å². The predicted molar refractivity (Wildman–Crippen MR) is 67.7 cm³/mol. The standard InChI is InChI=1S/C13H17N3O3/c1-2-5-19-16-9-6-10(8-3-4-8)11(12(14)17)15(7-9)13(16)18/h2,6,8-9,11H,1,3-5,7H2,(H2,14,17)/t9-,11+/m1/s1. The number of hydroxylamine groups is 2. The number of carbonyl (C=O) groups excluding carboxylic acids is 2. The van der Waals surface area contributed by atoms with Crippen molar-refractivity contribution in [3.05, 3.63) is 24.3 Å². The summed E-state index contributed by atoms with van der Waals surface area (Å²) in [6, 6.07) is -1.02. The molecule has 2 atom stereocenters. The zero-order chi connectivity index (χ0) is 13.6. The molecule has 0 aromatic rings. The van der Waals surface area contributed by atoms with Crippen LogP contribution in [0.25, 0.3) is 0 Å². The largest absolute Gasteiger partial charge is 0.368 e. The van der Waals surface area contributed by atoms with Gasteiger partial charge in [-0.15, -0.1) is 6.58 Å². The molecule has 1 aliphatic carbocycles. The first kappa shape index (κ1) is 12.2. The molecule has 0 radical (unpaired) electrons. The van der Waals surface area contributed by atoms with Crippen LogP contribution in [0, 0.1) is 5.92 Å². The first-order valence-corrected chi connectivity index (χ1v) is 6.48. The summed E-state index contributed by atoms with van der Waals surface area (Å²) in [5, 5.41) is 1.33. The Labute approximate surface area is 111 Å². The van der Waals surface area contributed by atoms with Crippen LogP contribution in [-0.2, 0) is 9.63 Å². The topological polar surface area (TPSA) is 75.9 Å². The lowest BCUT2D eigenvalue weighted by Gasteiger charge is -2.29. The molecule has 3 rings (SSSR count). The van der Waals surface area contributed by atoms with Gasteiger partial charge in [0.05, 0.1) is 19.2 Å². The van der Waals surface area contributed by atoms with Crippen LogP contribution in [0.15, 0.2) is 24.3 Å². The van der Waals surface area contributed by atoms with Gasteiger partial charge in [0.25, 0.3) is 0 Å². The monoisotopic (exact) mass is 263 g/mol. The molecule has 0 spiro atoms. The fourth-order valence-electron chi connectivity index (χ4n) is 2.83. The van der Waals surface area contributed by atoms with Gasteiger partial charge in [0, 0.05) is 0 Å². The number of nitrogens with zero attached hydrogens (tertiary/aromatic N) is 2. The van der Waals surface area contributed by atoms with Crippen molar-refractivity contribution in [1.29, 1.82) is 0 Å². The summed E-state index contributed by atoms with van der Waals surface area (Å²) in [4.78, 5) is 30.8.